The minimum Gasteiger partial charge on any atom is -0.424 e. The Kier molecular flexibility index (Phi) is 8.90. The summed E-state index contributed by atoms with van der Waals surface area (Å²) in [7, 11) is -4.67. The molecule has 0 spiro atoms. The summed E-state index contributed by atoms with van der Waals surface area (Å²) in [4.78, 5) is 24.8. The molecule has 33 heavy (non-hydrogen) atoms. The van der Waals surface area contributed by atoms with E-state index in [0.717, 1.165) is 30.8 Å². The van der Waals surface area contributed by atoms with Crippen molar-refractivity contribution >= 4 is 28.0 Å². The number of piperazine rings is 1. The number of esters is 1. The van der Waals surface area contributed by atoms with E-state index in [1.165, 1.54) is 12.1 Å². The lowest BCUT2D eigenvalue weighted by Crippen LogP contribution is -2.53. The summed E-state index contributed by atoms with van der Waals surface area (Å²) in [5.41, 5.74) is -0.523. The number of hydrogen-bond donors (Lipinski definition) is 5. The van der Waals surface area contributed by atoms with Gasteiger partial charge in [-0.25, -0.2) is 4.79 Å². The average Bonchev–Trinajstić information content (AvgIpc) is 2.73. The van der Waals surface area contributed by atoms with Gasteiger partial charge in [0.1, 0.15) is 11.8 Å². The first-order valence-electron chi connectivity index (χ1n) is 9.28. The van der Waals surface area contributed by atoms with Crippen molar-refractivity contribution in [2.75, 3.05) is 25.0 Å². The van der Waals surface area contributed by atoms with E-state index in [-0.39, 0.29) is 17.0 Å². The highest BCUT2D eigenvalue weighted by Gasteiger charge is 2.30. The minimum absolute atomic E-state index is 0.0734. The number of benzene rings is 2. The third-order valence-corrected chi connectivity index (χ3v) is 4.14. The van der Waals surface area contributed by atoms with Gasteiger partial charge in [0.15, 0.2) is 0 Å². The predicted molar refractivity (Wildman–Crippen MR) is 110 cm³/mol. The first-order chi connectivity index (χ1) is 15.3. The maximum Gasteiger partial charge on any atom is 0.416 e. The van der Waals surface area contributed by atoms with Crippen molar-refractivity contribution in [3.05, 3.63) is 59.7 Å². The summed E-state index contributed by atoms with van der Waals surface area (Å²) in [5.74, 6) is -1.05. The lowest BCUT2D eigenvalue weighted by atomic mass is 10.1. The van der Waals surface area contributed by atoms with Crippen LogP contribution in [0.4, 0.5) is 18.9 Å². The number of alkyl halides is 3. The second kappa shape index (κ2) is 11.2. The van der Waals surface area contributed by atoms with E-state index in [1.54, 1.807) is 12.1 Å². The van der Waals surface area contributed by atoms with Gasteiger partial charge in [-0.05, 0) is 36.4 Å². The van der Waals surface area contributed by atoms with Crippen molar-refractivity contribution in [2.45, 2.75) is 12.2 Å². The third kappa shape index (κ3) is 9.15. The van der Waals surface area contributed by atoms with Gasteiger partial charge >= 0.3 is 22.5 Å². The normalized spacial score (nSPS) is 16.2. The van der Waals surface area contributed by atoms with Gasteiger partial charge in [0.05, 0.1) is 11.1 Å². The Morgan fingerprint density at radius 3 is 2.18 bits per heavy atom. The Labute approximate surface area is 186 Å². The molecule has 1 atom stereocenters. The maximum atomic E-state index is 12.6. The largest absolute Gasteiger partial charge is 0.424 e. The lowest BCUT2D eigenvalue weighted by molar-refractivity contribution is -0.138. The number of carbonyl (C=O) groups excluding carboxylic acids is 2. The molecule has 1 amide bonds. The van der Waals surface area contributed by atoms with Gasteiger partial charge in [0.2, 0.25) is 0 Å². The average molecular weight is 491 g/mol. The van der Waals surface area contributed by atoms with Gasteiger partial charge in [-0.2, -0.15) is 21.6 Å². The molecule has 2 aromatic carbocycles. The molecule has 3 rings (SSSR count). The molecule has 0 radical (unpaired) electrons. The standard InChI is InChI=1S/C19H18F3N3O3.H2O4S/c20-19(21,22)12-5-7-13(8-6-12)25-17(26)14-3-1-2-4-16(14)28-18(27)15-11-23-9-10-24-15;1-5(2,3)4/h1-8,15,23-24H,9-11H2,(H,25,26);(H2,1,2,3,4). The van der Waals surface area contributed by atoms with Crippen molar-refractivity contribution in [2.24, 2.45) is 0 Å². The van der Waals surface area contributed by atoms with Crippen molar-refractivity contribution in [1.29, 1.82) is 0 Å². The van der Waals surface area contributed by atoms with Crippen molar-refractivity contribution < 1.29 is 45.0 Å². The van der Waals surface area contributed by atoms with Crippen LogP contribution < -0.4 is 20.7 Å². The van der Waals surface area contributed by atoms with Gasteiger partial charge in [0.25, 0.3) is 5.91 Å². The van der Waals surface area contributed by atoms with Crippen LogP contribution in [-0.2, 0) is 21.4 Å². The van der Waals surface area contributed by atoms with E-state index in [4.69, 9.17) is 22.3 Å². The Morgan fingerprint density at radius 2 is 1.64 bits per heavy atom. The van der Waals surface area contributed by atoms with Gasteiger partial charge in [-0.15, -0.1) is 0 Å². The SMILES string of the molecule is O=C(Nc1ccc(C(F)(F)F)cc1)c1ccccc1OC(=O)C1CNCCN1.O=S(=O)(O)O. The molecule has 1 heterocycles. The summed E-state index contributed by atoms with van der Waals surface area (Å²) in [5, 5.41) is 8.58. The smallest absolute Gasteiger partial charge is 0.416 e. The highest BCUT2D eigenvalue weighted by atomic mass is 32.3. The lowest BCUT2D eigenvalue weighted by Gasteiger charge is -2.23. The van der Waals surface area contributed by atoms with Gasteiger partial charge in [0, 0.05) is 25.3 Å². The van der Waals surface area contributed by atoms with Crippen LogP contribution in [0.1, 0.15) is 15.9 Å². The molecule has 0 aliphatic carbocycles. The number of para-hydroxylation sites is 1. The number of halogens is 3. The minimum atomic E-state index is -4.67. The van der Waals surface area contributed by atoms with Crippen molar-refractivity contribution in [3.63, 3.8) is 0 Å². The second-order valence-corrected chi connectivity index (χ2v) is 7.50. The topological polar surface area (TPSA) is 154 Å². The first kappa shape index (κ1) is 26.2. The van der Waals surface area contributed by atoms with Crippen LogP contribution >= 0.6 is 0 Å². The second-order valence-electron chi connectivity index (χ2n) is 6.61. The molecule has 1 fully saturated rings. The number of rotatable bonds is 4. The fraction of sp³-hybridized carbons (Fsp3) is 0.263. The molecule has 10 nitrogen and oxygen atoms in total. The Hall–Kier alpha value is -3.04. The quantitative estimate of drug-likeness (QED) is 0.245. The van der Waals surface area contributed by atoms with E-state index in [2.05, 4.69) is 16.0 Å². The van der Waals surface area contributed by atoms with Crippen LogP contribution in [0.15, 0.2) is 48.5 Å². The van der Waals surface area contributed by atoms with Crippen LogP contribution in [0.2, 0.25) is 0 Å². The number of carbonyl (C=O) groups is 2. The predicted octanol–water partition coefficient (Wildman–Crippen LogP) is 1.77. The van der Waals surface area contributed by atoms with Crippen LogP contribution in [0.3, 0.4) is 0 Å². The highest BCUT2D eigenvalue weighted by Crippen LogP contribution is 2.30. The molecule has 180 valence electrons. The number of anilines is 1. The summed E-state index contributed by atoms with van der Waals surface area (Å²) >= 11 is 0. The zero-order valence-electron chi connectivity index (χ0n) is 16.8. The fourth-order valence-electron chi connectivity index (χ4n) is 2.68. The molecular weight excluding hydrogens is 471 g/mol. The monoisotopic (exact) mass is 491 g/mol. The number of nitrogens with one attached hydrogen (secondary N) is 3. The molecule has 1 unspecified atom stereocenters. The molecule has 1 saturated heterocycles. The van der Waals surface area contributed by atoms with Crippen LogP contribution in [-0.4, -0.2) is 55.1 Å². The zero-order chi connectivity index (χ0) is 24.6. The molecule has 0 aromatic heterocycles. The van der Waals surface area contributed by atoms with Crippen LogP contribution in [0, 0.1) is 0 Å². The summed E-state index contributed by atoms with van der Waals surface area (Å²) in [6.07, 6.45) is -4.45. The fourth-order valence-corrected chi connectivity index (χ4v) is 2.68. The van der Waals surface area contributed by atoms with E-state index >= 15 is 0 Å². The Balaban J connectivity index is 0.000000696. The molecule has 0 bridgehead atoms. The zero-order valence-corrected chi connectivity index (χ0v) is 17.6. The van der Waals surface area contributed by atoms with Gasteiger partial charge in [-0.1, -0.05) is 12.1 Å². The molecule has 1 aliphatic heterocycles. The van der Waals surface area contributed by atoms with Crippen LogP contribution in [0.5, 0.6) is 5.75 Å². The van der Waals surface area contributed by atoms with Gasteiger partial charge < -0.3 is 20.7 Å². The maximum absolute atomic E-state index is 12.6. The Bertz CT molecular complexity index is 1060. The highest BCUT2D eigenvalue weighted by molar-refractivity contribution is 7.79. The molecule has 14 heteroatoms. The molecule has 5 N–H and O–H groups in total. The summed E-state index contributed by atoms with van der Waals surface area (Å²) in [6.45, 7) is 1.78. The molecule has 0 saturated carbocycles. The number of amides is 1. The van der Waals surface area contributed by atoms with Crippen LogP contribution in [0.25, 0.3) is 0 Å². The number of ether oxygens (including phenoxy) is 1. The summed E-state index contributed by atoms with van der Waals surface area (Å²) in [6, 6.07) is 9.71. The molecule has 1 aliphatic rings. The van der Waals surface area contributed by atoms with Crippen molar-refractivity contribution in [1.82, 2.24) is 10.6 Å². The summed E-state index contributed by atoms with van der Waals surface area (Å²) < 4.78 is 74.8. The molecular formula is C19H20F3N3O7S. The first-order valence-corrected chi connectivity index (χ1v) is 10.7. The van der Waals surface area contributed by atoms with Crippen molar-refractivity contribution in [3.8, 4) is 5.75 Å². The van der Waals surface area contributed by atoms with E-state index in [9.17, 15) is 22.8 Å². The number of hydrogen-bond acceptors (Lipinski definition) is 7. The third-order valence-electron chi connectivity index (χ3n) is 4.14. The van der Waals surface area contributed by atoms with Gasteiger partial charge in [-0.3, -0.25) is 13.9 Å². The van der Waals surface area contributed by atoms with E-state index < -0.39 is 40.1 Å². The van der Waals surface area contributed by atoms with E-state index in [1.807, 2.05) is 0 Å². The Morgan fingerprint density at radius 1 is 1.03 bits per heavy atom. The molecule has 2 aromatic rings. The van der Waals surface area contributed by atoms with E-state index in [0.29, 0.717) is 13.1 Å².